The molecule has 0 amide bonds. The highest BCUT2D eigenvalue weighted by atomic mass is 16.5. The van der Waals surface area contributed by atoms with Crippen molar-refractivity contribution in [1.82, 2.24) is 0 Å². The van der Waals surface area contributed by atoms with Crippen LogP contribution in [0.5, 0.6) is 5.75 Å². The highest BCUT2D eigenvalue weighted by molar-refractivity contribution is 5.36. The molecule has 2 rings (SSSR count). The van der Waals surface area contributed by atoms with Crippen molar-refractivity contribution in [2.45, 2.75) is 25.9 Å². The molecule has 18 heavy (non-hydrogen) atoms. The Morgan fingerprint density at radius 2 is 1.94 bits per heavy atom. The normalized spacial score (nSPS) is 23.5. The van der Waals surface area contributed by atoms with Crippen LogP contribution in [-0.4, -0.2) is 7.11 Å². The fourth-order valence-corrected chi connectivity index (χ4v) is 2.32. The van der Waals surface area contributed by atoms with Gasteiger partial charge in [0.15, 0.2) is 5.60 Å². The van der Waals surface area contributed by atoms with Gasteiger partial charge in [-0.1, -0.05) is 32.1 Å². The molecule has 1 aromatic rings. The molecule has 0 aromatic heterocycles. The molecule has 2 unspecified atom stereocenters. The monoisotopic (exact) mass is 244 g/mol. The summed E-state index contributed by atoms with van der Waals surface area (Å²) in [6.45, 7) is 4.40. The smallest absolute Gasteiger partial charge is 0.154 e. The van der Waals surface area contributed by atoms with Crippen molar-refractivity contribution in [2.24, 2.45) is 5.92 Å². The molecule has 0 fully saturated rings. The third-order valence-electron chi connectivity index (χ3n) is 3.68. The Morgan fingerprint density at radius 1 is 1.22 bits per heavy atom. The topological polar surface area (TPSA) is 18.5 Å². The van der Waals surface area contributed by atoms with Crippen LogP contribution in [0.2, 0.25) is 0 Å². The molecule has 1 aliphatic rings. The Balaban J connectivity index is 2.40. The van der Waals surface area contributed by atoms with Gasteiger partial charge in [-0.15, -0.1) is 0 Å². The Bertz CT molecular complexity index is 445. The van der Waals surface area contributed by atoms with Crippen molar-refractivity contribution in [1.29, 1.82) is 0 Å². The summed E-state index contributed by atoms with van der Waals surface area (Å²) in [4.78, 5) is 0. The van der Waals surface area contributed by atoms with E-state index in [0.717, 1.165) is 12.2 Å². The quantitative estimate of drug-likeness (QED) is 0.796. The van der Waals surface area contributed by atoms with E-state index < -0.39 is 0 Å². The van der Waals surface area contributed by atoms with Crippen molar-refractivity contribution >= 4 is 0 Å². The molecule has 1 aliphatic heterocycles. The molecule has 1 heterocycles. The zero-order valence-corrected chi connectivity index (χ0v) is 11.2. The Labute approximate surface area is 109 Å². The second kappa shape index (κ2) is 5.30. The first-order chi connectivity index (χ1) is 8.73. The average Bonchev–Trinajstić information content (AvgIpc) is 2.47. The standard InChI is InChI=1S/C16H20O2/c1-4-13(2)16(11-5-6-12-18-16)14-7-9-15(17-3)10-8-14/h5-13H,4H2,1-3H3. The minimum absolute atomic E-state index is 0.351. The number of hydrogen-bond acceptors (Lipinski definition) is 2. The third-order valence-corrected chi connectivity index (χ3v) is 3.68. The lowest BCUT2D eigenvalue weighted by Gasteiger charge is -2.37. The highest BCUT2D eigenvalue weighted by Crippen LogP contribution is 2.39. The van der Waals surface area contributed by atoms with Gasteiger partial charge in [0.25, 0.3) is 0 Å². The van der Waals surface area contributed by atoms with Crippen LogP contribution in [0.15, 0.2) is 48.8 Å². The van der Waals surface area contributed by atoms with E-state index >= 15 is 0 Å². The van der Waals surface area contributed by atoms with Gasteiger partial charge in [-0.3, -0.25) is 0 Å². The van der Waals surface area contributed by atoms with Gasteiger partial charge in [0.2, 0.25) is 0 Å². The lowest BCUT2D eigenvalue weighted by molar-refractivity contribution is 0.00977. The summed E-state index contributed by atoms with van der Waals surface area (Å²) in [6, 6.07) is 8.12. The van der Waals surface area contributed by atoms with Gasteiger partial charge in [0.05, 0.1) is 13.4 Å². The average molecular weight is 244 g/mol. The van der Waals surface area contributed by atoms with Crippen LogP contribution in [0.1, 0.15) is 25.8 Å². The molecule has 96 valence electrons. The second-order valence-corrected chi connectivity index (χ2v) is 4.64. The first-order valence-corrected chi connectivity index (χ1v) is 6.39. The summed E-state index contributed by atoms with van der Waals surface area (Å²) in [5, 5.41) is 0. The fourth-order valence-electron chi connectivity index (χ4n) is 2.32. The summed E-state index contributed by atoms with van der Waals surface area (Å²) >= 11 is 0. The first kappa shape index (κ1) is 12.7. The van der Waals surface area contributed by atoms with E-state index in [-0.39, 0.29) is 5.60 Å². The van der Waals surface area contributed by atoms with Crippen LogP contribution < -0.4 is 4.74 Å². The van der Waals surface area contributed by atoms with Gasteiger partial charge in [-0.05, 0) is 36.3 Å². The highest BCUT2D eigenvalue weighted by Gasteiger charge is 2.36. The summed E-state index contributed by atoms with van der Waals surface area (Å²) < 4.78 is 11.2. The van der Waals surface area contributed by atoms with E-state index in [1.54, 1.807) is 13.4 Å². The predicted molar refractivity (Wildman–Crippen MR) is 73.5 cm³/mol. The maximum atomic E-state index is 5.97. The molecule has 0 radical (unpaired) electrons. The van der Waals surface area contributed by atoms with Gasteiger partial charge in [0, 0.05) is 5.92 Å². The lowest BCUT2D eigenvalue weighted by Crippen LogP contribution is -2.34. The number of rotatable bonds is 4. The van der Waals surface area contributed by atoms with Gasteiger partial charge in [-0.25, -0.2) is 0 Å². The molecular formula is C16H20O2. The molecule has 2 atom stereocenters. The lowest BCUT2D eigenvalue weighted by atomic mass is 9.79. The minimum Gasteiger partial charge on any atom is -0.497 e. The van der Waals surface area contributed by atoms with Crippen molar-refractivity contribution in [3.05, 3.63) is 54.3 Å². The molecule has 0 spiro atoms. The SMILES string of the molecule is CCC(C)C1(c2ccc(OC)cc2)C=CC=CO1. The molecule has 0 saturated carbocycles. The van der Waals surface area contributed by atoms with E-state index in [4.69, 9.17) is 9.47 Å². The molecular weight excluding hydrogens is 224 g/mol. The first-order valence-electron chi connectivity index (χ1n) is 6.39. The molecule has 0 aliphatic carbocycles. The predicted octanol–water partition coefficient (Wildman–Crippen LogP) is 4.04. The fraction of sp³-hybridized carbons (Fsp3) is 0.375. The van der Waals surface area contributed by atoms with Crippen molar-refractivity contribution in [2.75, 3.05) is 7.11 Å². The van der Waals surface area contributed by atoms with Gasteiger partial charge in [0.1, 0.15) is 5.75 Å². The van der Waals surface area contributed by atoms with Crippen LogP contribution in [-0.2, 0) is 10.3 Å². The van der Waals surface area contributed by atoms with E-state index in [2.05, 4.69) is 38.1 Å². The van der Waals surface area contributed by atoms with Crippen LogP contribution in [0.4, 0.5) is 0 Å². The maximum absolute atomic E-state index is 5.97. The van der Waals surface area contributed by atoms with Crippen LogP contribution >= 0.6 is 0 Å². The number of methoxy groups -OCH3 is 1. The van der Waals surface area contributed by atoms with Crippen LogP contribution in [0, 0.1) is 5.92 Å². The molecule has 0 N–H and O–H groups in total. The molecule has 0 bridgehead atoms. The summed E-state index contributed by atoms with van der Waals surface area (Å²) in [5.41, 5.74) is 0.814. The largest absolute Gasteiger partial charge is 0.497 e. The van der Waals surface area contributed by atoms with E-state index in [9.17, 15) is 0 Å². The second-order valence-electron chi connectivity index (χ2n) is 4.64. The van der Waals surface area contributed by atoms with Crippen molar-refractivity contribution in [3.63, 3.8) is 0 Å². The van der Waals surface area contributed by atoms with Crippen LogP contribution in [0.25, 0.3) is 0 Å². The number of allylic oxidation sites excluding steroid dienone is 2. The summed E-state index contributed by atoms with van der Waals surface area (Å²) in [7, 11) is 1.68. The minimum atomic E-state index is -0.351. The van der Waals surface area contributed by atoms with Crippen molar-refractivity contribution < 1.29 is 9.47 Å². The Hall–Kier alpha value is -1.70. The van der Waals surface area contributed by atoms with Gasteiger partial charge < -0.3 is 9.47 Å². The van der Waals surface area contributed by atoms with Crippen molar-refractivity contribution in [3.8, 4) is 5.75 Å². The maximum Gasteiger partial charge on any atom is 0.154 e. The summed E-state index contributed by atoms with van der Waals surface area (Å²) in [6.07, 6.45) is 8.95. The molecule has 2 heteroatoms. The molecule has 1 aromatic carbocycles. The third kappa shape index (κ3) is 2.15. The number of benzene rings is 1. The summed E-state index contributed by atoms with van der Waals surface area (Å²) in [5.74, 6) is 1.28. The number of hydrogen-bond donors (Lipinski definition) is 0. The zero-order valence-electron chi connectivity index (χ0n) is 11.2. The van der Waals surface area contributed by atoms with E-state index in [1.807, 2.05) is 18.2 Å². The Morgan fingerprint density at radius 3 is 2.44 bits per heavy atom. The molecule has 2 nitrogen and oxygen atoms in total. The van der Waals surface area contributed by atoms with E-state index in [0.29, 0.717) is 5.92 Å². The van der Waals surface area contributed by atoms with Gasteiger partial charge in [-0.2, -0.15) is 0 Å². The Kier molecular flexibility index (Phi) is 3.75. The van der Waals surface area contributed by atoms with Crippen LogP contribution in [0.3, 0.4) is 0 Å². The van der Waals surface area contributed by atoms with Gasteiger partial charge >= 0.3 is 0 Å². The molecule has 0 saturated heterocycles. The van der Waals surface area contributed by atoms with E-state index in [1.165, 1.54) is 5.56 Å². The zero-order chi connectivity index (χ0) is 13.0. The number of ether oxygens (including phenoxy) is 2.